The maximum atomic E-state index is 13.4. The van der Waals surface area contributed by atoms with Crippen molar-refractivity contribution >= 4 is 25.3 Å². The highest BCUT2D eigenvalue weighted by Crippen LogP contribution is 2.19. The summed E-state index contributed by atoms with van der Waals surface area (Å²) in [6.07, 6.45) is 0. The summed E-state index contributed by atoms with van der Waals surface area (Å²) in [4.78, 5) is 0. The second-order valence-electron chi connectivity index (χ2n) is 5.08. The average molecular weight is 226 g/mol. The Morgan fingerprint density at radius 1 is 1.12 bits per heavy atom. The van der Waals surface area contributed by atoms with Crippen molar-refractivity contribution in [2.45, 2.75) is 26.1 Å². The van der Waals surface area contributed by atoms with Crippen molar-refractivity contribution in [2.75, 3.05) is 0 Å². The summed E-state index contributed by atoms with van der Waals surface area (Å²) in [5.74, 6) is -1.60. The number of rotatable bonds is 2. The second kappa shape index (κ2) is 4.55. The third kappa shape index (κ3) is 3.32. The standard InChI is InChI=1S/C10H14B2F2O2/c1-10(2,3)11-6-4-7(12(15)16)9(14)5-8(6)13/h4-5,11,15-16H,1-3H3. The minimum atomic E-state index is -1.92. The summed E-state index contributed by atoms with van der Waals surface area (Å²) < 4.78 is 26.6. The van der Waals surface area contributed by atoms with E-state index >= 15 is 0 Å². The van der Waals surface area contributed by atoms with Gasteiger partial charge in [-0.1, -0.05) is 32.2 Å². The number of hydrogen-bond acceptors (Lipinski definition) is 2. The Bertz CT molecular complexity index is 389. The smallest absolute Gasteiger partial charge is 0.423 e. The molecule has 0 atom stereocenters. The molecule has 0 bridgehead atoms. The SMILES string of the molecule is CC(C)(C)Bc1cc(B(O)O)c(F)cc1F. The normalized spacial score (nSPS) is 11.4. The molecule has 2 N–H and O–H groups in total. The first-order chi connectivity index (χ1) is 7.20. The molecule has 0 saturated heterocycles. The van der Waals surface area contributed by atoms with Crippen LogP contribution in [0.1, 0.15) is 20.8 Å². The van der Waals surface area contributed by atoms with Gasteiger partial charge in [0.2, 0.25) is 0 Å². The maximum absolute atomic E-state index is 13.4. The molecule has 0 aliphatic heterocycles. The minimum absolute atomic E-state index is 0.156. The van der Waals surface area contributed by atoms with Crippen molar-refractivity contribution < 1.29 is 18.8 Å². The molecule has 1 rings (SSSR count). The van der Waals surface area contributed by atoms with Crippen LogP contribution in [0.5, 0.6) is 0 Å². The van der Waals surface area contributed by atoms with E-state index in [9.17, 15) is 8.78 Å². The van der Waals surface area contributed by atoms with E-state index in [2.05, 4.69) is 0 Å². The van der Waals surface area contributed by atoms with Crippen molar-refractivity contribution in [1.29, 1.82) is 0 Å². The molecule has 0 saturated carbocycles. The zero-order valence-electron chi connectivity index (χ0n) is 9.59. The molecule has 1 aromatic rings. The molecular formula is C10H14B2F2O2. The van der Waals surface area contributed by atoms with E-state index in [1.807, 2.05) is 20.8 Å². The predicted octanol–water partition coefficient (Wildman–Crippen LogP) is -0.0752. The molecule has 0 spiro atoms. The Morgan fingerprint density at radius 3 is 2.12 bits per heavy atom. The summed E-state index contributed by atoms with van der Waals surface area (Å²) in [7, 11) is -1.52. The third-order valence-corrected chi connectivity index (χ3v) is 2.16. The van der Waals surface area contributed by atoms with Crippen LogP contribution in [0.25, 0.3) is 0 Å². The second-order valence-corrected chi connectivity index (χ2v) is 5.08. The Kier molecular flexibility index (Phi) is 3.76. The highest BCUT2D eigenvalue weighted by Gasteiger charge is 2.22. The van der Waals surface area contributed by atoms with E-state index in [-0.39, 0.29) is 16.2 Å². The lowest BCUT2D eigenvalue weighted by molar-refractivity contribution is 0.423. The van der Waals surface area contributed by atoms with Gasteiger partial charge in [-0.2, -0.15) is 0 Å². The van der Waals surface area contributed by atoms with Gasteiger partial charge >= 0.3 is 7.12 Å². The lowest BCUT2D eigenvalue weighted by Crippen LogP contribution is -2.38. The monoisotopic (exact) mass is 226 g/mol. The van der Waals surface area contributed by atoms with Gasteiger partial charge in [0, 0.05) is 11.5 Å². The molecule has 16 heavy (non-hydrogen) atoms. The van der Waals surface area contributed by atoms with Crippen LogP contribution in [0.15, 0.2) is 12.1 Å². The summed E-state index contributed by atoms with van der Waals surface area (Å²) >= 11 is 0. The summed E-state index contributed by atoms with van der Waals surface area (Å²) in [6.45, 7) is 5.76. The van der Waals surface area contributed by atoms with Gasteiger partial charge in [-0.15, -0.1) is 0 Å². The van der Waals surface area contributed by atoms with Crippen LogP contribution >= 0.6 is 0 Å². The van der Waals surface area contributed by atoms with E-state index < -0.39 is 18.8 Å². The van der Waals surface area contributed by atoms with Crippen LogP contribution in [0.2, 0.25) is 5.31 Å². The Hall–Kier alpha value is -0.870. The lowest BCUT2D eigenvalue weighted by Gasteiger charge is -2.17. The topological polar surface area (TPSA) is 40.5 Å². The molecule has 0 fully saturated rings. The molecule has 0 aliphatic rings. The van der Waals surface area contributed by atoms with Gasteiger partial charge in [0.25, 0.3) is 0 Å². The van der Waals surface area contributed by atoms with Crippen molar-refractivity contribution in [1.82, 2.24) is 0 Å². The van der Waals surface area contributed by atoms with E-state index in [1.165, 1.54) is 6.07 Å². The maximum Gasteiger partial charge on any atom is 0.491 e. The quantitative estimate of drug-likeness (QED) is 0.692. The molecule has 0 aliphatic carbocycles. The zero-order chi connectivity index (χ0) is 12.5. The van der Waals surface area contributed by atoms with Gasteiger partial charge in [0.1, 0.15) is 11.6 Å². The fourth-order valence-electron chi connectivity index (χ4n) is 1.52. The highest BCUT2D eigenvalue weighted by molar-refractivity contribution is 6.61. The summed E-state index contributed by atoms with van der Waals surface area (Å²) in [5.41, 5.74) is -0.00218. The Labute approximate surface area is 94.7 Å². The number of hydrogen-bond donors (Lipinski definition) is 2. The average Bonchev–Trinajstić information content (AvgIpc) is 2.07. The first-order valence-corrected chi connectivity index (χ1v) is 5.04. The molecule has 0 aromatic heterocycles. The first kappa shape index (κ1) is 13.2. The van der Waals surface area contributed by atoms with Crippen LogP contribution in [-0.4, -0.2) is 24.4 Å². The van der Waals surface area contributed by atoms with Crippen molar-refractivity contribution in [2.24, 2.45) is 0 Å². The zero-order valence-corrected chi connectivity index (χ0v) is 9.59. The van der Waals surface area contributed by atoms with Crippen LogP contribution < -0.4 is 10.9 Å². The van der Waals surface area contributed by atoms with Gasteiger partial charge in [-0.05, 0) is 5.46 Å². The van der Waals surface area contributed by atoms with Gasteiger partial charge in [-0.3, -0.25) is 0 Å². The fraction of sp³-hybridized carbons (Fsp3) is 0.400. The molecule has 2 nitrogen and oxygen atoms in total. The van der Waals surface area contributed by atoms with Crippen LogP contribution in [0.3, 0.4) is 0 Å². The van der Waals surface area contributed by atoms with Crippen molar-refractivity contribution in [3.05, 3.63) is 23.8 Å². The molecule has 0 amide bonds. The fourth-order valence-corrected chi connectivity index (χ4v) is 1.52. The van der Waals surface area contributed by atoms with Crippen molar-refractivity contribution in [3.8, 4) is 0 Å². The Balaban J connectivity index is 3.15. The Morgan fingerprint density at radius 2 is 1.69 bits per heavy atom. The molecule has 86 valence electrons. The van der Waals surface area contributed by atoms with Gasteiger partial charge < -0.3 is 10.0 Å². The van der Waals surface area contributed by atoms with Crippen LogP contribution in [0.4, 0.5) is 8.78 Å². The molecule has 0 heterocycles. The van der Waals surface area contributed by atoms with Gasteiger partial charge in [0.05, 0.1) is 0 Å². The molecular weight excluding hydrogens is 212 g/mol. The number of benzene rings is 1. The molecule has 1 aromatic carbocycles. The third-order valence-electron chi connectivity index (χ3n) is 2.16. The van der Waals surface area contributed by atoms with Gasteiger partial charge in [-0.25, -0.2) is 8.78 Å². The summed E-state index contributed by atoms with van der Waals surface area (Å²) in [6, 6.07) is 1.86. The van der Waals surface area contributed by atoms with Crippen LogP contribution in [0, 0.1) is 11.6 Å². The molecule has 0 unspecified atom stereocenters. The highest BCUT2D eigenvalue weighted by atomic mass is 19.1. The van der Waals surface area contributed by atoms with E-state index in [1.54, 1.807) is 0 Å². The summed E-state index contributed by atoms with van der Waals surface area (Å²) in [5, 5.41) is 17.7. The minimum Gasteiger partial charge on any atom is -0.423 e. The largest absolute Gasteiger partial charge is 0.491 e. The van der Waals surface area contributed by atoms with E-state index in [0.29, 0.717) is 13.3 Å². The molecule has 0 radical (unpaired) electrons. The van der Waals surface area contributed by atoms with Crippen molar-refractivity contribution in [3.63, 3.8) is 0 Å². The number of halogens is 2. The van der Waals surface area contributed by atoms with E-state index in [0.717, 1.165) is 0 Å². The molecule has 6 heteroatoms. The first-order valence-electron chi connectivity index (χ1n) is 5.04. The predicted molar refractivity (Wildman–Crippen MR) is 62.7 cm³/mol. The van der Waals surface area contributed by atoms with Gasteiger partial charge in [0.15, 0.2) is 7.28 Å². The lowest BCUT2D eigenvalue weighted by atomic mass is 9.50. The van der Waals surface area contributed by atoms with Crippen LogP contribution in [-0.2, 0) is 0 Å². The van der Waals surface area contributed by atoms with E-state index in [4.69, 9.17) is 10.0 Å².